The van der Waals surface area contributed by atoms with Crippen LogP contribution in [0.1, 0.15) is 80.3 Å². The van der Waals surface area contributed by atoms with Crippen LogP contribution in [0.4, 0.5) is 0 Å². The van der Waals surface area contributed by atoms with E-state index in [0.717, 1.165) is 50.7 Å². The van der Waals surface area contributed by atoms with Crippen molar-refractivity contribution in [3.05, 3.63) is 51.7 Å². The normalized spacial score (nSPS) is 20.4. The molecule has 1 unspecified atom stereocenters. The summed E-state index contributed by atoms with van der Waals surface area (Å²) < 4.78 is 6.21. The van der Waals surface area contributed by atoms with Gasteiger partial charge in [-0.2, -0.15) is 0 Å². The zero-order valence-electron chi connectivity index (χ0n) is 20.4. The van der Waals surface area contributed by atoms with Gasteiger partial charge in [0, 0.05) is 23.4 Å². The molecule has 0 spiro atoms. The molecule has 2 fully saturated rings. The van der Waals surface area contributed by atoms with Crippen LogP contribution < -0.4 is 4.74 Å². The minimum atomic E-state index is -0.116. The van der Waals surface area contributed by atoms with Crippen molar-refractivity contribution in [2.75, 3.05) is 19.7 Å². The van der Waals surface area contributed by atoms with E-state index in [1.807, 2.05) is 21.9 Å². The first-order valence-corrected chi connectivity index (χ1v) is 13.8. The van der Waals surface area contributed by atoms with E-state index in [9.17, 15) is 9.59 Å². The Morgan fingerprint density at radius 3 is 2.50 bits per heavy atom. The Bertz CT molecular complexity index is 1000. The largest absolute Gasteiger partial charge is 0.491 e. The molecule has 0 bridgehead atoms. The van der Waals surface area contributed by atoms with Gasteiger partial charge < -0.3 is 14.5 Å². The summed E-state index contributed by atoms with van der Waals surface area (Å²) in [5.41, 5.74) is 2.48. The van der Waals surface area contributed by atoms with Crippen molar-refractivity contribution in [1.82, 2.24) is 9.80 Å². The summed E-state index contributed by atoms with van der Waals surface area (Å²) in [6.45, 7) is 5.68. The SMILES string of the molecule is CC(C)c1ccc(OCC2c3ccsc3CCN2C(=O)CN(C(=O)C2CCCC2)C2CC2)cc1. The lowest BCUT2D eigenvalue weighted by atomic mass is 10.00. The first kappa shape index (κ1) is 23.4. The van der Waals surface area contributed by atoms with Gasteiger partial charge in [-0.3, -0.25) is 9.59 Å². The number of rotatable bonds is 8. The van der Waals surface area contributed by atoms with E-state index >= 15 is 0 Å². The Labute approximate surface area is 207 Å². The second kappa shape index (κ2) is 10.1. The minimum Gasteiger partial charge on any atom is -0.491 e. The molecule has 2 amide bonds. The number of carbonyl (C=O) groups excluding carboxylic acids is 2. The molecular weight excluding hydrogens is 444 g/mol. The van der Waals surface area contributed by atoms with Crippen molar-refractivity contribution in [2.45, 2.75) is 76.8 Å². The lowest BCUT2D eigenvalue weighted by Gasteiger charge is -2.37. The zero-order valence-corrected chi connectivity index (χ0v) is 21.2. The van der Waals surface area contributed by atoms with Gasteiger partial charge in [0.05, 0.1) is 6.04 Å². The molecule has 2 heterocycles. The number of thiophene rings is 1. The van der Waals surface area contributed by atoms with Crippen LogP contribution in [0.2, 0.25) is 0 Å². The molecule has 0 N–H and O–H groups in total. The van der Waals surface area contributed by atoms with Crippen molar-refractivity contribution in [3.63, 3.8) is 0 Å². The van der Waals surface area contributed by atoms with Gasteiger partial charge in [-0.05, 0) is 72.7 Å². The van der Waals surface area contributed by atoms with E-state index < -0.39 is 0 Å². The predicted molar refractivity (Wildman–Crippen MR) is 135 cm³/mol. The van der Waals surface area contributed by atoms with Crippen LogP contribution in [0, 0.1) is 5.92 Å². The average molecular weight is 481 g/mol. The summed E-state index contributed by atoms with van der Waals surface area (Å²) in [6, 6.07) is 10.5. The fourth-order valence-corrected chi connectivity index (χ4v) is 6.34. The van der Waals surface area contributed by atoms with E-state index in [4.69, 9.17) is 4.74 Å². The van der Waals surface area contributed by atoms with E-state index in [-0.39, 0.29) is 36.4 Å². The maximum Gasteiger partial charge on any atom is 0.242 e. The molecule has 1 aromatic carbocycles. The third kappa shape index (κ3) is 5.02. The molecule has 1 aromatic heterocycles. The van der Waals surface area contributed by atoms with E-state index in [1.54, 1.807) is 11.3 Å². The van der Waals surface area contributed by atoms with Crippen LogP contribution in [0.25, 0.3) is 0 Å². The highest BCUT2D eigenvalue weighted by Gasteiger charge is 2.40. The van der Waals surface area contributed by atoms with Crippen LogP contribution in [0.3, 0.4) is 0 Å². The molecule has 6 heteroatoms. The molecule has 2 aliphatic carbocycles. The highest BCUT2D eigenvalue weighted by Crippen LogP contribution is 2.36. The van der Waals surface area contributed by atoms with Crippen molar-refractivity contribution in [1.29, 1.82) is 0 Å². The number of ether oxygens (including phenoxy) is 1. The Kier molecular flexibility index (Phi) is 6.96. The first-order chi connectivity index (χ1) is 16.5. The molecule has 1 aliphatic heterocycles. The maximum absolute atomic E-state index is 13.6. The molecule has 2 saturated carbocycles. The Balaban J connectivity index is 1.29. The monoisotopic (exact) mass is 480 g/mol. The Hall–Kier alpha value is -2.34. The molecule has 3 aliphatic rings. The van der Waals surface area contributed by atoms with Crippen LogP contribution >= 0.6 is 11.3 Å². The number of fused-ring (bicyclic) bond motifs is 1. The van der Waals surface area contributed by atoms with Gasteiger partial charge in [-0.1, -0.05) is 38.8 Å². The average Bonchev–Trinajstić information content (AvgIpc) is 3.32. The molecule has 182 valence electrons. The number of carbonyl (C=O) groups is 2. The minimum absolute atomic E-state index is 0.0545. The van der Waals surface area contributed by atoms with Crippen molar-refractivity contribution >= 4 is 23.2 Å². The molecule has 0 saturated heterocycles. The van der Waals surface area contributed by atoms with Crippen molar-refractivity contribution < 1.29 is 14.3 Å². The predicted octanol–water partition coefficient (Wildman–Crippen LogP) is 5.56. The summed E-state index contributed by atoms with van der Waals surface area (Å²) in [4.78, 5) is 32.0. The second-order valence-electron chi connectivity index (χ2n) is 10.4. The van der Waals surface area contributed by atoms with Gasteiger partial charge in [0.2, 0.25) is 11.8 Å². The lowest BCUT2D eigenvalue weighted by molar-refractivity contribution is -0.145. The molecule has 1 atom stereocenters. The summed E-state index contributed by atoms with van der Waals surface area (Å²) in [5.74, 6) is 1.69. The topological polar surface area (TPSA) is 49.9 Å². The third-order valence-electron chi connectivity index (χ3n) is 7.65. The summed E-state index contributed by atoms with van der Waals surface area (Å²) in [7, 11) is 0. The fourth-order valence-electron chi connectivity index (χ4n) is 5.42. The molecule has 2 aromatic rings. The molecule has 34 heavy (non-hydrogen) atoms. The number of benzene rings is 1. The van der Waals surface area contributed by atoms with Crippen LogP contribution in [0.5, 0.6) is 5.75 Å². The van der Waals surface area contributed by atoms with Crippen LogP contribution in [0.15, 0.2) is 35.7 Å². The van der Waals surface area contributed by atoms with Crippen LogP contribution in [-0.2, 0) is 16.0 Å². The Morgan fingerprint density at radius 2 is 1.82 bits per heavy atom. The fraction of sp³-hybridized carbons (Fsp3) is 0.571. The standard InChI is InChI=1S/C28H36N2O3S/c1-19(2)20-7-11-23(12-8-20)33-18-25-24-14-16-34-26(24)13-15-29(25)27(31)17-30(22-9-10-22)28(32)21-5-3-4-6-21/h7-8,11-12,14,16,19,21-22,25H,3-6,9-10,13,15,17-18H2,1-2H3. The quantitative estimate of drug-likeness (QED) is 0.497. The van der Waals surface area contributed by atoms with Crippen LogP contribution in [-0.4, -0.2) is 47.4 Å². The van der Waals surface area contributed by atoms with Crippen molar-refractivity contribution in [2.24, 2.45) is 5.92 Å². The smallest absolute Gasteiger partial charge is 0.242 e. The number of amides is 2. The second-order valence-corrected chi connectivity index (χ2v) is 11.4. The highest BCUT2D eigenvalue weighted by molar-refractivity contribution is 7.10. The molecular formula is C28H36N2O3S. The maximum atomic E-state index is 13.6. The highest BCUT2D eigenvalue weighted by atomic mass is 32.1. The number of nitrogens with zero attached hydrogens (tertiary/aromatic N) is 2. The summed E-state index contributed by atoms with van der Waals surface area (Å²) in [5, 5.41) is 2.11. The molecule has 5 nitrogen and oxygen atoms in total. The third-order valence-corrected chi connectivity index (χ3v) is 8.65. The van der Waals surface area contributed by atoms with E-state index in [1.165, 1.54) is 16.0 Å². The summed E-state index contributed by atoms with van der Waals surface area (Å²) in [6.07, 6.45) is 7.15. The van der Waals surface area contributed by atoms with Gasteiger partial charge in [-0.25, -0.2) is 0 Å². The van der Waals surface area contributed by atoms with Crippen molar-refractivity contribution in [3.8, 4) is 5.75 Å². The van der Waals surface area contributed by atoms with E-state index in [2.05, 4.69) is 37.4 Å². The summed E-state index contributed by atoms with van der Waals surface area (Å²) >= 11 is 1.76. The Morgan fingerprint density at radius 1 is 1.09 bits per heavy atom. The van der Waals surface area contributed by atoms with Gasteiger partial charge in [-0.15, -0.1) is 11.3 Å². The van der Waals surface area contributed by atoms with Gasteiger partial charge in [0.25, 0.3) is 0 Å². The number of hydrogen-bond acceptors (Lipinski definition) is 4. The molecule has 5 rings (SSSR count). The molecule has 0 radical (unpaired) electrons. The first-order valence-electron chi connectivity index (χ1n) is 12.9. The van der Waals surface area contributed by atoms with Gasteiger partial charge in [0.1, 0.15) is 18.9 Å². The van der Waals surface area contributed by atoms with Gasteiger partial charge in [0.15, 0.2) is 0 Å². The lowest BCUT2D eigenvalue weighted by Crippen LogP contribution is -2.49. The number of hydrogen-bond donors (Lipinski definition) is 0. The van der Waals surface area contributed by atoms with E-state index in [0.29, 0.717) is 19.1 Å². The zero-order chi connectivity index (χ0) is 23.7. The van der Waals surface area contributed by atoms with Gasteiger partial charge >= 0.3 is 0 Å².